The van der Waals surface area contributed by atoms with Crippen LogP contribution >= 0.6 is 0 Å². The highest BCUT2D eigenvalue weighted by Gasteiger charge is 2.35. The summed E-state index contributed by atoms with van der Waals surface area (Å²) in [6.07, 6.45) is 0.809. The summed E-state index contributed by atoms with van der Waals surface area (Å²) < 4.78 is 0. The molecule has 0 atom stereocenters. The van der Waals surface area contributed by atoms with Gasteiger partial charge >= 0.3 is 0 Å². The van der Waals surface area contributed by atoms with Crippen molar-refractivity contribution in [1.29, 1.82) is 0 Å². The molecule has 0 N–H and O–H groups in total. The predicted molar refractivity (Wildman–Crippen MR) is 213 cm³/mol. The molecule has 1 heterocycles. The van der Waals surface area contributed by atoms with E-state index in [-0.39, 0.29) is 5.41 Å². The lowest BCUT2D eigenvalue weighted by Crippen LogP contribution is -2.14. The van der Waals surface area contributed by atoms with Gasteiger partial charge in [-0.3, -0.25) is 0 Å². The molecule has 7 aromatic carbocycles. The lowest BCUT2D eigenvalue weighted by molar-refractivity contribution is 0.660. The molecule has 0 radical (unpaired) electrons. The Balaban J connectivity index is 1.08. The normalized spacial score (nSPS) is 13.3. The van der Waals surface area contributed by atoms with Crippen LogP contribution in [0.3, 0.4) is 0 Å². The van der Waals surface area contributed by atoms with E-state index in [2.05, 4.69) is 159 Å². The Morgan fingerprint density at radius 3 is 1.56 bits per heavy atom. The molecule has 0 amide bonds. The predicted octanol–water partition coefficient (Wildman–Crippen LogP) is 12.1. The summed E-state index contributed by atoms with van der Waals surface area (Å²) in [7, 11) is 0. The van der Waals surface area contributed by atoms with Crippen LogP contribution in [-0.2, 0) is 11.8 Å². The Morgan fingerprint density at radius 1 is 0.346 bits per heavy atom. The topological polar surface area (TPSA) is 38.7 Å². The van der Waals surface area contributed by atoms with E-state index in [1.807, 2.05) is 18.2 Å². The van der Waals surface area contributed by atoms with Crippen LogP contribution in [0.25, 0.3) is 78.7 Å². The van der Waals surface area contributed by atoms with Crippen LogP contribution in [0.15, 0.2) is 164 Å². The highest BCUT2D eigenvalue weighted by atomic mass is 15.0. The fraction of sp³-hybridized carbons (Fsp3) is 0.0816. The van der Waals surface area contributed by atoms with Gasteiger partial charge in [-0.25, -0.2) is 15.0 Å². The molecule has 3 nitrogen and oxygen atoms in total. The third-order valence-electron chi connectivity index (χ3n) is 11.0. The molecule has 0 bridgehead atoms. The summed E-state index contributed by atoms with van der Waals surface area (Å²) in [5, 5.41) is 0. The molecule has 10 rings (SSSR count). The van der Waals surface area contributed by atoms with Gasteiger partial charge in [-0.2, -0.15) is 0 Å². The van der Waals surface area contributed by atoms with Crippen molar-refractivity contribution in [3.63, 3.8) is 0 Å². The first kappa shape index (κ1) is 30.4. The van der Waals surface area contributed by atoms with Gasteiger partial charge in [0.25, 0.3) is 0 Å². The van der Waals surface area contributed by atoms with E-state index < -0.39 is 0 Å². The SMILES string of the molecule is CC1(C)c2ccccc2-c2cc(-c3nc(-c4ccccc4)nc(-c4cccc5c4Cc4c(-c6ccc(-c7ccccc7)cc6)cccc4-5)n3)ccc21. The molecular formula is C49H35N3. The average molecular weight is 666 g/mol. The molecule has 3 heteroatoms. The van der Waals surface area contributed by atoms with E-state index in [1.54, 1.807) is 0 Å². The smallest absolute Gasteiger partial charge is 0.164 e. The second kappa shape index (κ2) is 11.8. The maximum Gasteiger partial charge on any atom is 0.164 e. The van der Waals surface area contributed by atoms with Crippen LogP contribution in [0.5, 0.6) is 0 Å². The average Bonchev–Trinajstić information content (AvgIpc) is 3.70. The van der Waals surface area contributed by atoms with E-state index in [4.69, 9.17) is 15.0 Å². The molecule has 8 aromatic rings. The lowest BCUT2D eigenvalue weighted by atomic mass is 9.82. The number of aromatic nitrogens is 3. The zero-order chi connectivity index (χ0) is 34.8. The van der Waals surface area contributed by atoms with Gasteiger partial charge < -0.3 is 0 Å². The van der Waals surface area contributed by atoms with Gasteiger partial charge in [0.1, 0.15) is 0 Å². The van der Waals surface area contributed by atoms with Gasteiger partial charge in [-0.1, -0.05) is 172 Å². The van der Waals surface area contributed by atoms with Crippen LogP contribution in [0.4, 0.5) is 0 Å². The lowest BCUT2D eigenvalue weighted by Gasteiger charge is -2.21. The second-order valence-electron chi connectivity index (χ2n) is 14.4. The summed E-state index contributed by atoms with van der Waals surface area (Å²) in [6, 6.07) is 58.5. The molecule has 2 aliphatic carbocycles. The number of rotatable bonds is 5. The maximum atomic E-state index is 5.25. The first-order valence-electron chi connectivity index (χ1n) is 18.0. The molecule has 0 fully saturated rings. The van der Waals surface area contributed by atoms with Crippen molar-refractivity contribution in [3.05, 3.63) is 186 Å². The van der Waals surface area contributed by atoms with Crippen molar-refractivity contribution in [2.75, 3.05) is 0 Å². The molecular weight excluding hydrogens is 631 g/mol. The Labute approximate surface area is 304 Å². The molecule has 1 aromatic heterocycles. The second-order valence-corrected chi connectivity index (χ2v) is 14.4. The molecule has 246 valence electrons. The van der Waals surface area contributed by atoms with Crippen LogP contribution in [-0.4, -0.2) is 15.0 Å². The summed E-state index contributed by atoms with van der Waals surface area (Å²) in [6.45, 7) is 4.62. The number of nitrogens with zero attached hydrogens (tertiary/aromatic N) is 3. The third kappa shape index (κ3) is 4.85. The van der Waals surface area contributed by atoms with Crippen LogP contribution in [0, 0.1) is 0 Å². The van der Waals surface area contributed by atoms with Gasteiger partial charge in [0.15, 0.2) is 17.5 Å². The largest absolute Gasteiger partial charge is 0.208 e. The standard InChI is InChI=1S/C49H35N3/c1-49(2)44-22-10-9-17-39(44)43-29-35(27-28-45(43)49)47-50-46(34-15-7-4-8-16-34)51-48(52-47)40-21-12-20-38-37-19-11-18-36(41(37)30-42(38)40)33-25-23-32(24-26-33)31-13-5-3-6-14-31/h3-29H,30H2,1-2H3. The number of hydrogen-bond donors (Lipinski definition) is 0. The first-order chi connectivity index (χ1) is 25.5. The van der Waals surface area contributed by atoms with E-state index >= 15 is 0 Å². The first-order valence-corrected chi connectivity index (χ1v) is 18.0. The summed E-state index contributed by atoms with van der Waals surface area (Å²) in [5.74, 6) is 2.05. The third-order valence-corrected chi connectivity index (χ3v) is 11.0. The summed E-state index contributed by atoms with van der Waals surface area (Å²) >= 11 is 0. The minimum atomic E-state index is -0.0632. The van der Waals surface area contributed by atoms with Crippen molar-refractivity contribution in [2.24, 2.45) is 0 Å². The van der Waals surface area contributed by atoms with E-state index in [1.165, 1.54) is 66.8 Å². The monoisotopic (exact) mass is 665 g/mol. The quantitative estimate of drug-likeness (QED) is 0.184. The fourth-order valence-corrected chi connectivity index (χ4v) is 8.39. The van der Waals surface area contributed by atoms with E-state index in [0.29, 0.717) is 17.5 Å². The van der Waals surface area contributed by atoms with Crippen molar-refractivity contribution >= 4 is 0 Å². The number of benzene rings is 7. The molecule has 0 unspecified atom stereocenters. The minimum Gasteiger partial charge on any atom is -0.208 e. The van der Waals surface area contributed by atoms with Crippen molar-refractivity contribution in [1.82, 2.24) is 15.0 Å². The molecule has 52 heavy (non-hydrogen) atoms. The van der Waals surface area contributed by atoms with Gasteiger partial charge in [-0.15, -0.1) is 0 Å². The summed E-state index contributed by atoms with van der Waals surface area (Å²) in [4.78, 5) is 15.5. The Bertz CT molecular complexity index is 2660. The molecule has 0 saturated heterocycles. The zero-order valence-electron chi connectivity index (χ0n) is 29.1. The Hall–Kier alpha value is -6.45. The minimum absolute atomic E-state index is 0.0632. The highest BCUT2D eigenvalue weighted by molar-refractivity contribution is 5.89. The molecule has 2 aliphatic rings. The molecule has 0 spiro atoms. The highest BCUT2D eigenvalue weighted by Crippen LogP contribution is 2.50. The van der Waals surface area contributed by atoms with E-state index in [0.717, 1.165) is 23.1 Å². The van der Waals surface area contributed by atoms with Gasteiger partial charge in [0.2, 0.25) is 0 Å². The molecule has 0 saturated carbocycles. The van der Waals surface area contributed by atoms with Crippen molar-refractivity contribution in [3.8, 4) is 78.7 Å². The Kier molecular flexibility index (Phi) is 6.91. The summed E-state index contributed by atoms with van der Waals surface area (Å²) in [5.41, 5.74) is 18.2. The zero-order valence-corrected chi connectivity index (χ0v) is 29.1. The van der Waals surface area contributed by atoms with Crippen molar-refractivity contribution in [2.45, 2.75) is 25.7 Å². The van der Waals surface area contributed by atoms with Crippen LogP contribution < -0.4 is 0 Å². The van der Waals surface area contributed by atoms with Gasteiger partial charge in [0, 0.05) is 28.5 Å². The maximum absolute atomic E-state index is 5.25. The molecule has 0 aliphatic heterocycles. The van der Waals surface area contributed by atoms with Crippen LogP contribution in [0.1, 0.15) is 36.1 Å². The number of hydrogen-bond acceptors (Lipinski definition) is 3. The van der Waals surface area contributed by atoms with Crippen molar-refractivity contribution < 1.29 is 0 Å². The van der Waals surface area contributed by atoms with Gasteiger partial charge in [-0.05, 0) is 72.8 Å². The van der Waals surface area contributed by atoms with Gasteiger partial charge in [0.05, 0.1) is 0 Å². The fourth-order valence-electron chi connectivity index (χ4n) is 8.39. The Morgan fingerprint density at radius 2 is 0.827 bits per heavy atom. The van der Waals surface area contributed by atoms with Crippen LogP contribution in [0.2, 0.25) is 0 Å². The number of fused-ring (bicyclic) bond motifs is 6. The van der Waals surface area contributed by atoms with E-state index in [9.17, 15) is 0 Å².